The van der Waals surface area contributed by atoms with Gasteiger partial charge in [0.1, 0.15) is 0 Å². The molecular formula is C16H17ClN2O4. The molecule has 1 saturated heterocycles. The summed E-state index contributed by atoms with van der Waals surface area (Å²) in [5.41, 5.74) is 0.139. The van der Waals surface area contributed by atoms with Crippen molar-refractivity contribution in [2.45, 2.75) is 26.4 Å². The molecule has 3 rings (SSSR count). The standard InChI is InChI=1S/C16H17ClN2O4/c1-16(6-8-21-9-7-16)15(20)22-10-13-18-19-14(23-13)11-4-2-3-5-12(11)17/h2-5H,6-10H2,1H3. The lowest BCUT2D eigenvalue weighted by molar-refractivity contribution is -0.162. The third-order valence-electron chi connectivity index (χ3n) is 3.99. The Labute approximate surface area is 138 Å². The fraction of sp³-hybridized carbons (Fsp3) is 0.438. The van der Waals surface area contributed by atoms with Crippen molar-refractivity contribution in [1.82, 2.24) is 10.2 Å². The van der Waals surface area contributed by atoms with Crippen molar-refractivity contribution in [3.05, 3.63) is 35.2 Å². The minimum Gasteiger partial charge on any atom is -0.455 e. The van der Waals surface area contributed by atoms with Crippen molar-refractivity contribution < 1.29 is 18.7 Å². The molecule has 0 aliphatic carbocycles. The predicted octanol–water partition coefficient (Wildman–Crippen LogP) is 3.25. The highest BCUT2D eigenvalue weighted by Gasteiger charge is 2.36. The van der Waals surface area contributed by atoms with Gasteiger partial charge in [0.05, 0.1) is 16.0 Å². The van der Waals surface area contributed by atoms with E-state index >= 15 is 0 Å². The minimum atomic E-state index is -0.510. The topological polar surface area (TPSA) is 74.5 Å². The van der Waals surface area contributed by atoms with Gasteiger partial charge in [-0.1, -0.05) is 23.7 Å². The summed E-state index contributed by atoms with van der Waals surface area (Å²) in [5.74, 6) is 0.279. The Bertz CT molecular complexity index is 695. The molecule has 1 aromatic carbocycles. The zero-order valence-corrected chi connectivity index (χ0v) is 13.5. The van der Waals surface area contributed by atoms with Gasteiger partial charge < -0.3 is 13.9 Å². The highest BCUT2D eigenvalue weighted by Crippen LogP contribution is 2.31. The van der Waals surface area contributed by atoms with E-state index < -0.39 is 5.41 Å². The lowest BCUT2D eigenvalue weighted by Crippen LogP contribution is -2.35. The number of carbonyl (C=O) groups excluding carboxylic acids is 1. The lowest BCUT2D eigenvalue weighted by atomic mass is 9.82. The zero-order chi connectivity index (χ0) is 16.3. The first-order chi connectivity index (χ1) is 11.1. The van der Waals surface area contributed by atoms with E-state index in [1.165, 1.54) is 0 Å². The fourth-order valence-corrected chi connectivity index (χ4v) is 2.60. The summed E-state index contributed by atoms with van der Waals surface area (Å²) in [5, 5.41) is 8.36. The lowest BCUT2D eigenvalue weighted by Gasteiger charge is -2.30. The van der Waals surface area contributed by atoms with E-state index in [1.54, 1.807) is 12.1 Å². The second kappa shape index (κ2) is 6.68. The summed E-state index contributed by atoms with van der Waals surface area (Å²) in [6, 6.07) is 7.18. The number of carbonyl (C=O) groups is 1. The number of ether oxygens (including phenoxy) is 2. The second-order valence-electron chi connectivity index (χ2n) is 5.73. The van der Waals surface area contributed by atoms with Crippen LogP contribution in [0.2, 0.25) is 5.02 Å². The molecule has 1 fully saturated rings. The summed E-state index contributed by atoms with van der Waals surface area (Å²) in [4.78, 5) is 12.2. The van der Waals surface area contributed by atoms with Crippen LogP contribution in [0.25, 0.3) is 11.5 Å². The average molecular weight is 337 g/mol. The van der Waals surface area contributed by atoms with E-state index in [0.29, 0.717) is 42.5 Å². The molecule has 0 unspecified atom stereocenters. The highest BCUT2D eigenvalue weighted by atomic mass is 35.5. The average Bonchev–Trinajstić information content (AvgIpc) is 3.02. The van der Waals surface area contributed by atoms with Gasteiger partial charge in [0, 0.05) is 13.2 Å². The molecule has 0 saturated carbocycles. The van der Waals surface area contributed by atoms with Crippen LogP contribution in [0.15, 0.2) is 28.7 Å². The van der Waals surface area contributed by atoms with Gasteiger partial charge in [-0.25, -0.2) is 0 Å². The van der Waals surface area contributed by atoms with Crippen molar-refractivity contribution in [2.75, 3.05) is 13.2 Å². The Morgan fingerprint density at radius 2 is 2.04 bits per heavy atom. The number of nitrogens with zero attached hydrogens (tertiary/aromatic N) is 2. The molecule has 0 bridgehead atoms. The Hall–Kier alpha value is -1.92. The summed E-state index contributed by atoms with van der Waals surface area (Å²) >= 11 is 6.09. The number of esters is 1. The van der Waals surface area contributed by atoms with E-state index in [4.69, 9.17) is 25.5 Å². The van der Waals surface area contributed by atoms with Crippen LogP contribution in [0.5, 0.6) is 0 Å². The number of aromatic nitrogens is 2. The van der Waals surface area contributed by atoms with Gasteiger partial charge in [0.25, 0.3) is 5.89 Å². The molecule has 0 N–H and O–H groups in total. The van der Waals surface area contributed by atoms with Crippen LogP contribution in [0.1, 0.15) is 25.7 Å². The maximum absolute atomic E-state index is 12.2. The molecule has 2 heterocycles. The van der Waals surface area contributed by atoms with Crippen LogP contribution in [0.4, 0.5) is 0 Å². The highest BCUT2D eigenvalue weighted by molar-refractivity contribution is 6.33. The van der Waals surface area contributed by atoms with Crippen molar-refractivity contribution in [3.63, 3.8) is 0 Å². The van der Waals surface area contributed by atoms with Crippen LogP contribution in [-0.4, -0.2) is 29.4 Å². The molecule has 6 nitrogen and oxygen atoms in total. The van der Waals surface area contributed by atoms with Gasteiger partial charge in [-0.2, -0.15) is 0 Å². The van der Waals surface area contributed by atoms with E-state index in [-0.39, 0.29) is 18.5 Å². The molecule has 0 atom stereocenters. The first-order valence-corrected chi connectivity index (χ1v) is 7.78. The summed E-state index contributed by atoms with van der Waals surface area (Å²) in [6.45, 7) is 2.99. The molecule has 1 aliphatic rings. The van der Waals surface area contributed by atoms with Crippen LogP contribution in [0.3, 0.4) is 0 Å². The van der Waals surface area contributed by atoms with Gasteiger partial charge in [0.2, 0.25) is 5.89 Å². The number of benzene rings is 1. The van der Waals surface area contributed by atoms with Crippen LogP contribution < -0.4 is 0 Å². The quantitative estimate of drug-likeness (QED) is 0.798. The van der Waals surface area contributed by atoms with Gasteiger partial charge in [-0.05, 0) is 31.9 Å². The summed E-state index contributed by atoms with van der Waals surface area (Å²) < 4.78 is 16.1. The third kappa shape index (κ3) is 3.54. The fourth-order valence-electron chi connectivity index (χ4n) is 2.38. The zero-order valence-electron chi connectivity index (χ0n) is 12.8. The van der Waals surface area contributed by atoms with Crippen LogP contribution in [-0.2, 0) is 20.9 Å². The molecule has 7 heteroatoms. The van der Waals surface area contributed by atoms with E-state index in [2.05, 4.69) is 10.2 Å². The second-order valence-corrected chi connectivity index (χ2v) is 6.14. The molecule has 23 heavy (non-hydrogen) atoms. The molecule has 0 amide bonds. The maximum Gasteiger partial charge on any atom is 0.312 e. The number of rotatable bonds is 4. The maximum atomic E-state index is 12.2. The Morgan fingerprint density at radius 3 is 2.78 bits per heavy atom. The number of hydrogen-bond donors (Lipinski definition) is 0. The molecular weight excluding hydrogens is 320 g/mol. The first-order valence-electron chi connectivity index (χ1n) is 7.41. The van der Waals surface area contributed by atoms with Crippen molar-refractivity contribution >= 4 is 17.6 Å². The largest absolute Gasteiger partial charge is 0.455 e. The Kier molecular flexibility index (Phi) is 4.63. The van der Waals surface area contributed by atoms with Crippen molar-refractivity contribution in [1.29, 1.82) is 0 Å². The molecule has 2 aromatic rings. The normalized spacial score (nSPS) is 17.0. The SMILES string of the molecule is CC1(C(=O)OCc2nnc(-c3ccccc3Cl)o2)CCOCC1. The number of halogens is 1. The monoisotopic (exact) mass is 336 g/mol. The van der Waals surface area contributed by atoms with Crippen LogP contribution in [0, 0.1) is 5.41 Å². The predicted molar refractivity (Wildman–Crippen MR) is 82.7 cm³/mol. The van der Waals surface area contributed by atoms with Crippen molar-refractivity contribution in [3.8, 4) is 11.5 Å². The van der Waals surface area contributed by atoms with E-state index in [1.807, 2.05) is 19.1 Å². The minimum absolute atomic E-state index is 0.0489. The van der Waals surface area contributed by atoms with E-state index in [9.17, 15) is 4.79 Å². The number of hydrogen-bond acceptors (Lipinski definition) is 6. The summed E-state index contributed by atoms with van der Waals surface area (Å²) in [6.07, 6.45) is 1.31. The molecule has 122 valence electrons. The molecule has 1 aliphatic heterocycles. The molecule has 0 radical (unpaired) electrons. The Morgan fingerprint density at radius 1 is 1.30 bits per heavy atom. The molecule has 1 aromatic heterocycles. The van der Waals surface area contributed by atoms with Crippen molar-refractivity contribution in [2.24, 2.45) is 5.41 Å². The van der Waals surface area contributed by atoms with E-state index in [0.717, 1.165) is 0 Å². The van der Waals surface area contributed by atoms with Gasteiger partial charge in [-0.3, -0.25) is 4.79 Å². The Balaban J connectivity index is 1.63. The van der Waals surface area contributed by atoms with Crippen LogP contribution >= 0.6 is 11.6 Å². The summed E-state index contributed by atoms with van der Waals surface area (Å²) in [7, 11) is 0. The first kappa shape index (κ1) is 16.0. The third-order valence-corrected chi connectivity index (χ3v) is 4.32. The molecule has 0 spiro atoms. The van der Waals surface area contributed by atoms with Gasteiger partial charge in [0.15, 0.2) is 6.61 Å². The van der Waals surface area contributed by atoms with Gasteiger partial charge in [-0.15, -0.1) is 10.2 Å². The van der Waals surface area contributed by atoms with Gasteiger partial charge >= 0.3 is 5.97 Å². The smallest absolute Gasteiger partial charge is 0.312 e.